The van der Waals surface area contributed by atoms with Gasteiger partial charge in [0.2, 0.25) is 17.0 Å². The van der Waals surface area contributed by atoms with E-state index in [1.165, 1.54) is 11.5 Å². The first-order valence-electron chi connectivity index (χ1n) is 7.52. The molecule has 124 valence electrons. The minimum atomic E-state index is -0.206. The van der Waals surface area contributed by atoms with Crippen molar-refractivity contribution in [2.45, 2.75) is 25.0 Å². The first kappa shape index (κ1) is 15.9. The van der Waals surface area contributed by atoms with E-state index >= 15 is 0 Å². The topological polar surface area (TPSA) is 83.4 Å². The predicted molar refractivity (Wildman–Crippen MR) is 90.1 cm³/mol. The largest absolute Gasteiger partial charge is 0.481 e. The van der Waals surface area contributed by atoms with E-state index in [1.54, 1.807) is 7.11 Å². The lowest BCUT2D eigenvalue weighted by molar-refractivity contribution is 0.0339. The summed E-state index contributed by atoms with van der Waals surface area (Å²) < 4.78 is 9.43. The predicted octanol–water partition coefficient (Wildman–Crippen LogP) is 1.93. The molecule has 0 spiro atoms. The molecule has 2 aromatic heterocycles. The van der Waals surface area contributed by atoms with E-state index in [-0.39, 0.29) is 12.1 Å². The fraction of sp³-hybridized carbons (Fsp3) is 0.533. The monoisotopic (exact) mass is 335 g/mol. The summed E-state index contributed by atoms with van der Waals surface area (Å²) in [6, 6.07) is 3.91. The molecule has 8 heteroatoms. The Morgan fingerprint density at radius 3 is 2.70 bits per heavy atom. The Kier molecular flexibility index (Phi) is 4.63. The fourth-order valence-electron chi connectivity index (χ4n) is 2.66. The molecule has 0 saturated heterocycles. The van der Waals surface area contributed by atoms with Crippen LogP contribution in [0.2, 0.25) is 0 Å². The lowest BCUT2D eigenvalue weighted by Crippen LogP contribution is -2.36. The summed E-state index contributed by atoms with van der Waals surface area (Å²) in [5.41, 5.74) is 1.06. The number of hydrogen-bond donors (Lipinski definition) is 2. The van der Waals surface area contributed by atoms with Crippen molar-refractivity contribution in [1.29, 1.82) is 0 Å². The van der Waals surface area contributed by atoms with Gasteiger partial charge in [0.15, 0.2) is 0 Å². The van der Waals surface area contributed by atoms with Gasteiger partial charge in [-0.15, -0.1) is 0 Å². The Bertz CT molecular complexity index is 640. The van der Waals surface area contributed by atoms with Gasteiger partial charge >= 0.3 is 0 Å². The molecule has 2 aromatic rings. The van der Waals surface area contributed by atoms with Crippen molar-refractivity contribution >= 4 is 22.6 Å². The van der Waals surface area contributed by atoms with E-state index in [1.807, 2.05) is 37.3 Å². The summed E-state index contributed by atoms with van der Waals surface area (Å²) in [5, 5.41) is 13.9. The smallest absolute Gasteiger partial charge is 0.238 e. The third-order valence-electron chi connectivity index (χ3n) is 4.04. The van der Waals surface area contributed by atoms with Gasteiger partial charge in [-0.1, -0.05) is 6.07 Å². The third-order valence-corrected chi connectivity index (χ3v) is 4.68. The molecule has 7 nitrogen and oxygen atoms in total. The fourth-order valence-corrected chi connectivity index (χ4v) is 3.34. The van der Waals surface area contributed by atoms with Crippen LogP contribution in [0.1, 0.15) is 24.4 Å². The Morgan fingerprint density at radius 2 is 2.17 bits per heavy atom. The molecule has 2 heterocycles. The first-order chi connectivity index (χ1) is 11.1. The number of hydrogen-bond acceptors (Lipinski definition) is 8. The molecular formula is C15H21N5O2S. The lowest BCUT2D eigenvalue weighted by Gasteiger charge is -2.38. The molecule has 1 aliphatic carbocycles. The van der Waals surface area contributed by atoms with Gasteiger partial charge in [-0.25, -0.2) is 4.98 Å². The summed E-state index contributed by atoms with van der Waals surface area (Å²) in [6.07, 6.45) is 3.17. The molecule has 1 atom stereocenters. The van der Waals surface area contributed by atoms with E-state index in [0.717, 1.165) is 23.5 Å². The van der Waals surface area contributed by atoms with Crippen LogP contribution in [-0.4, -0.2) is 46.8 Å². The standard InChI is InChI=1S/C15H21N5O2S/c1-20(2)14-18-15(23-19-14)17-13(10-6-11(21)7-10)9-4-5-12(22-3)16-8-9/h4-5,8,10-11,13,21H,6-7H2,1-3H3,(H,17,18,19)/t10?,11?,13-/m0/s1. The third kappa shape index (κ3) is 3.53. The highest BCUT2D eigenvalue weighted by atomic mass is 32.1. The summed E-state index contributed by atoms with van der Waals surface area (Å²) in [6.45, 7) is 0. The number of aliphatic hydroxyl groups is 1. The van der Waals surface area contributed by atoms with Gasteiger partial charge in [0.1, 0.15) is 0 Å². The Balaban J connectivity index is 1.79. The van der Waals surface area contributed by atoms with Crippen molar-refractivity contribution in [3.63, 3.8) is 0 Å². The molecule has 0 aliphatic heterocycles. The second-order valence-corrected chi connectivity index (χ2v) is 6.69. The van der Waals surface area contributed by atoms with Crippen LogP contribution in [-0.2, 0) is 0 Å². The highest BCUT2D eigenvalue weighted by Crippen LogP contribution is 2.40. The molecule has 23 heavy (non-hydrogen) atoms. The van der Waals surface area contributed by atoms with Crippen LogP contribution in [0.5, 0.6) is 5.88 Å². The maximum atomic E-state index is 9.64. The number of nitrogens with zero attached hydrogens (tertiary/aromatic N) is 4. The summed E-state index contributed by atoms with van der Waals surface area (Å²) >= 11 is 1.34. The van der Waals surface area contributed by atoms with Gasteiger partial charge in [0.05, 0.1) is 19.3 Å². The van der Waals surface area contributed by atoms with Crippen molar-refractivity contribution < 1.29 is 9.84 Å². The number of ether oxygens (including phenoxy) is 1. The Hall–Kier alpha value is -1.93. The Labute approximate surface area is 139 Å². The van der Waals surface area contributed by atoms with Gasteiger partial charge in [0.25, 0.3) is 0 Å². The number of aliphatic hydroxyl groups excluding tert-OH is 1. The van der Waals surface area contributed by atoms with Crippen molar-refractivity contribution in [3.8, 4) is 5.88 Å². The highest BCUT2D eigenvalue weighted by molar-refractivity contribution is 7.09. The second-order valence-electron chi connectivity index (χ2n) is 5.94. The second kappa shape index (κ2) is 6.67. The van der Waals surface area contributed by atoms with Gasteiger partial charge in [0, 0.05) is 37.9 Å². The van der Waals surface area contributed by atoms with Gasteiger partial charge in [-0.05, 0) is 24.3 Å². The van der Waals surface area contributed by atoms with Crippen LogP contribution in [0.4, 0.5) is 11.1 Å². The van der Waals surface area contributed by atoms with E-state index in [9.17, 15) is 5.11 Å². The molecule has 1 saturated carbocycles. The number of rotatable bonds is 6. The maximum Gasteiger partial charge on any atom is 0.238 e. The first-order valence-corrected chi connectivity index (χ1v) is 8.29. The van der Waals surface area contributed by atoms with Gasteiger partial charge in [-0.3, -0.25) is 0 Å². The molecule has 1 fully saturated rings. The molecule has 2 N–H and O–H groups in total. The highest BCUT2D eigenvalue weighted by Gasteiger charge is 2.35. The zero-order valence-electron chi connectivity index (χ0n) is 13.4. The molecule has 0 bridgehead atoms. The number of nitrogens with one attached hydrogen (secondary N) is 1. The van der Waals surface area contributed by atoms with Crippen molar-refractivity contribution in [2.24, 2.45) is 5.92 Å². The average Bonchev–Trinajstić information content (AvgIpc) is 2.99. The van der Waals surface area contributed by atoms with Crippen molar-refractivity contribution in [2.75, 3.05) is 31.4 Å². The quantitative estimate of drug-likeness (QED) is 0.834. The summed E-state index contributed by atoms with van der Waals surface area (Å²) in [7, 11) is 5.43. The Morgan fingerprint density at radius 1 is 1.39 bits per heavy atom. The number of pyridine rings is 1. The summed E-state index contributed by atoms with van der Waals surface area (Å²) in [4.78, 5) is 10.6. The molecule has 0 unspecified atom stereocenters. The molecule has 0 amide bonds. The zero-order chi connectivity index (χ0) is 16.4. The molecule has 0 aromatic carbocycles. The minimum absolute atomic E-state index is 0.0553. The van der Waals surface area contributed by atoms with Crippen LogP contribution in [0.3, 0.4) is 0 Å². The lowest BCUT2D eigenvalue weighted by atomic mass is 9.75. The molecule has 0 radical (unpaired) electrons. The minimum Gasteiger partial charge on any atom is -0.481 e. The van der Waals surface area contributed by atoms with Gasteiger partial charge < -0.3 is 20.1 Å². The number of anilines is 2. The van der Waals surface area contributed by atoms with Crippen LogP contribution >= 0.6 is 11.5 Å². The summed E-state index contributed by atoms with van der Waals surface area (Å²) in [5.74, 6) is 1.64. The van der Waals surface area contributed by atoms with E-state index in [2.05, 4.69) is 19.7 Å². The molecule has 3 rings (SSSR count). The number of methoxy groups -OCH3 is 1. The number of aromatic nitrogens is 3. The molecule has 1 aliphatic rings. The van der Waals surface area contributed by atoms with E-state index in [4.69, 9.17) is 4.74 Å². The van der Waals surface area contributed by atoms with E-state index < -0.39 is 0 Å². The van der Waals surface area contributed by atoms with Crippen LogP contribution in [0.25, 0.3) is 0 Å². The molecular weight excluding hydrogens is 314 g/mol. The SMILES string of the molecule is COc1ccc([C@H](Nc2nc(N(C)C)ns2)C2CC(O)C2)cn1. The van der Waals surface area contributed by atoms with Crippen molar-refractivity contribution in [1.82, 2.24) is 14.3 Å². The van der Waals surface area contributed by atoms with Crippen LogP contribution < -0.4 is 15.0 Å². The zero-order valence-corrected chi connectivity index (χ0v) is 14.2. The average molecular weight is 335 g/mol. The van der Waals surface area contributed by atoms with Crippen LogP contribution in [0.15, 0.2) is 18.3 Å². The van der Waals surface area contributed by atoms with Crippen molar-refractivity contribution in [3.05, 3.63) is 23.9 Å². The van der Waals surface area contributed by atoms with Gasteiger partial charge in [-0.2, -0.15) is 9.36 Å². The van der Waals surface area contributed by atoms with Crippen LogP contribution in [0, 0.1) is 5.92 Å². The van der Waals surface area contributed by atoms with E-state index in [0.29, 0.717) is 17.7 Å². The maximum absolute atomic E-state index is 9.64. The normalized spacial score (nSPS) is 21.4.